The van der Waals surface area contributed by atoms with Crippen LogP contribution in [0.1, 0.15) is 30.6 Å². The number of thiophene rings is 1. The molecule has 0 aliphatic carbocycles. The van der Waals surface area contributed by atoms with Gasteiger partial charge in [0.15, 0.2) is 0 Å². The van der Waals surface area contributed by atoms with Gasteiger partial charge in [0.1, 0.15) is 5.01 Å². The molecule has 0 radical (unpaired) electrons. The molecular weight excluding hydrogens is 318 g/mol. The molecule has 1 aromatic carbocycles. The molecule has 0 spiro atoms. The molecule has 3 aromatic rings. The Morgan fingerprint density at radius 3 is 2.45 bits per heavy atom. The molecule has 0 atom stereocenters. The van der Waals surface area contributed by atoms with E-state index in [-0.39, 0.29) is 11.7 Å². The number of aryl methyl sites for hydroxylation is 1. The molecule has 110 valence electrons. The third-order valence-electron chi connectivity index (χ3n) is 2.91. The third kappa shape index (κ3) is 2.95. The van der Waals surface area contributed by atoms with Gasteiger partial charge in [0, 0.05) is 5.56 Å². The molecule has 0 aliphatic heterocycles. The monoisotopic (exact) mass is 329 g/mol. The molecule has 0 unspecified atom stereocenters. The number of aromatic nitrogens is 2. The zero-order chi connectivity index (χ0) is 15.5. The van der Waals surface area contributed by atoms with E-state index in [0.717, 1.165) is 5.01 Å². The van der Waals surface area contributed by atoms with Gasteiger partial charge in [0.2, 0.25) is 10.9 Å². The van der Waals surface area contributed by atoms with Crippen LogP contribution in [-0.2, 0) is 0 Å². The smallest absolute Gasteiger partial charge is 0.258 e. The van der Waals surface area contributed by atoms with Crippen molar-refractivity contribution in [1.82, 2.24) is 10.2 Å². The van der Waals surface area contributed by atoms with Gasteiger partial charge in [-0.15, -0.1) is 21.5 Å². The SMILES string of the molecule is Cc1nnc(NC(=O)c2ccccc2C(=O)c2cccs2)s1. The van der Waals surface area contributed by atoms with Gasteiger partial charge in [-0.3, -0.25) is 14.9 Å². The van der Waals surface area contributed by atoms with Crippen molar-refractivity contribution in [2.24, 2.45) is 0 Å². The van der Waals surface area contributed by atoms with Gasteiger partial charge in [0.25, 0.3) is 5.91 Å². The lowest BCUT2D eigenvalue weighted by atomic mass is 10.0. The molecule has 0 saturated carbocycles. The summed E-state index contributed by atoms with van der Waals surface area (Å²) in [6.07, 6.45) is 0. The highest BCUT2D eigenvalue weighted by Gasteiger charge is 2.19. The fraction of sp³-hybridized carbons (Fsp3) is 0.0667. The van der Waals surface area contributed by atoms with Gasteiger partial charge < -0.3 is 0 Å². The summed E-state index contributed by atoms with van der Waals surface area (Å²) >= 11 is 2.64. The molecule has 2 aromatic heterocycles. The van der Waals surface area contributed by atoms with Gasteiger partial charge in [-0.2, -0.15) is 0 Å². The summed E-state index contributed by atoms with van der Waals surface area (Å²) in [5, 5.41) is 13.4. The first-order valence-corrected chi connectivity index (χ1v) is 8.13. The lowest BCUT2D eigenvalue weighted by Gasteiger charge is -2.07. The maximum absolute atomic E-state index is 12.5. The van der Waals surface area contributed by atoms with Gasteiger partial charge in [-0.1, -0.05) is 35.6 Å². The Kier molecular flexibility index (Phi) is 4.08. The van der Waals surface area contributed by atoms with E-state index in [0.29, 0.717) is 21.1 Å². The Morgan fingerprint density at radius 1 is 1.05 bits per heavy atom. The number of anilines is 1. The van der Waals surface area contributed by atoms with Crippen LogP contribution in [0.25, 0.3) is 0 Å². The minimum absolute atomic E-state index is 0.158. The Balaban J connectivity index is 1.91. The van der Waals surface area contributed by atoms with Crippen LogP contribution in [0, 0.1) is 6.92 Å². The minimum atomic E-state index is -0.364. The number of nitrogens with one attached hydrogen (secondary N) is 1. The first kappa shape index (κ1) is 14.6. The highest BCUT2D eigenvalue weighted by Crippen LogP contribution is 2.20. The quantitative estimate of drug-likeness (QED) is 0.745. The minimum Gasteiger partial charge on any atom is -0.296 e. The molecule has 1 N–H and O–H groups in total. The number of hydrogen-bond donors (Lipinski definition) is 1. The average Bonchev–Trinajstić information content (AvgIpc) is 3.18. The predicted octanol–water partition coefficient (Wildman–Crippen LogP) is 3.39. The second kappa shape index (κ2) is 6.17. The summed E-state index contributed by atoms with van der Waals surface area (Å²) in [6, 6.07) is 10.3. The van der Waals surface area contributed by atoms with Crippen LogP contribution in [0.5, 0.6) is 0 Å². The maximum Gasteiger partial charge on any atom is 0.258 e. The third-order valence-corrected chi connectivity index (χ3v) is 4.53. The van der Waals surface area contributed by atoms with Crippen LogP contribution in [0.3, 0.4) is 0 Å². The number of rotatable bonds is 4. The second-order valence-corrected chi connectivity index (χ2v) is 6.56. The summed E-state index contributed by atoms with van der Waals surface area (Å²) in [4.78, 5) is 25.5. The molecular formula is C15H11N3O2S2. The molecule has 0 saturated heterocycles. The standard InChI is InChI=1S/C15H11N3O2S2/c1-9-17-18-15(22-9)16-14(20)11-6-3-2-5-10(11)13(19)12-7-4-8-21-12/h2-8H,1H3,(H,16,18,20). The molecule has 3 rings (SSSR count). The van der Waals surface area contributed by atoms with Crippen molar-refractivity contribution in [3.63, 3.8) is 0 Å². The van der Waals surface area contributed by atoms with E-state index in [1.165, 1.54) is 22.7 Å². The maximum atomic E-state index is 12.5. The Labute approximate surface area is 134 Å². The van der Waals surface area contributed by atoms with E-state index in [9.17, 15) is 9.59 Å². The summed E-state index contributed by atoms with van der Waals surface area (Å²) in [6.45, 7) is 1.81. The van der Waals surface area contributed by atoms with E-state index < -0.39 is 0 Å². The van der Waals surface area contributed by atoms with Crippen molar-refractivity contribution < 1.29 is 9.59 Å². The number of carbonyl (C=O) groups excluding carboxylic acids is 2. The van der Waals surface area contributed by atoms with E-state index in [4.69, 9.17) is 0 Å². The molecule has 0 aliphatic rings. The molecule has 5 nitrogen and oxygen atoms in total. The largest absolute Gasteiger partial charge is 0.296 e. The number of ketones is 1. The fourth-order valence-corrected chi connectivity index (χ4v) is 3.20. The highest BCUT2D eigenvalue weighted by molar-refractivity contribution is 7.15. The summed E-state index contributed by atoms with van der Waals surface area (Å²) in [7, 11) is 0. The highest BCUT2D eigenvalue weighted by atomic mass is 32.1. The fourth-order valence-electron chi connectivity index (χ4n) is 1.93. The number of hydrogen-bond acceptors (Lipinski definition) is 6. The van der Waals surface area contributed by atoms with E-state index in [2.05, 4.69) is 15.5 Å². The van der Waals surface area contributed by atoms with Crippen molar-refractivity contribution in [2.45, 2.75) is 6.92 Å². The van der Waals surface area contributed by atoms with Crippen LogP contribution < -0.4 is 5.32 Å². The molecule has 0 fully saturated rings. The Hall–Kier alpha value is -2.38. The summed E-state index contributed by atoms with van der Waals surface area (Å²) < 4.78 is 0. The van der Waals surface area contributed by atoms with E-state index >= 15 is 0 Å². The van der Waals surface area contributed by atoms with Crippen LogP contribution >= 0.6 is 22.7 Å². The molecule has 2 heterocycles. The molecule has 7 heteroatoms. The topological polar surface area (TPSA) is 72.0 Å². The summed E-state index contributed by atoms with van der Waals surface area (Å²) in [5.41, 5.74) is 0.706. The van der Waals surface area contributed by atoms with Gasteiger partial charge in [-0.05, 0) is 24.4 Å². The molecule has 22 heavy (non-hydrogen) atoms. The molecule has 0 bridgehead atoms. The average molecular weight is 329 g/mol. The Bertz CT molecular complexity index is 825. The zero-order valence-electron chi connectivity index (χ0n) is 11.6. The zero-order valence-corrected chi connectivity index (χ0v) is 13.2. The van der Waals surface area contributed by atoms with E-state index in [1.807, 2.05) is 18.4 Å². The van der Waals surface area contributed by atoms with Gasteiger partial charge >= 0.3 is 0 Å². The normalized spacial score (nSPS) is 10.4. The van der Waals surface area contributed by atoms with Crippen molar-refractivity contribution in [3.8, 4) is 0 Å². The number of nitrogens with zero attached hydrogens (tertiary/aromatic N) is 2. The molecule has 1 amide bonds. The van der Waals surface area contributed by atoms with E-state index in [1.54, 1.807) is 30.3 Å². The van der Waals surface area contributed by atoms with Crippen LogP contribution in [0.4, 0.5) is 5.13 Å². The first-order chi connectivity index (χ1) is 10.6. The first-order valence-electron chi connectivity index (χ1n) is 6.44. The van der Waals surface area contributed by atoms with Crippen LogP contribution in [0.2, 0.25) is 0 Å². The predicted molar refractivity (Wildman–Crippen MR) is 86.8 cm³/mol. The number of benzene rings is 1. The lowest BCUT2D eigenvalue weighted by Crippen LogP contribution is -2.16. The van der Waals surface area contributed by atoms with Crippen LogP contribution in [0.15, 0.2) is 41.8 Å². The van der Waals surface area contributed by atoms with Crippen molar-refractivity contribution >= 4 is 39.5 Å². The number of amides is 1. The summed E-state index contributed by atoms with van der Waals surface area (Å²) in [5.74, 6) is -0.522. The van der Waals surface area contributed by atoms with Crippen molar-refractivity contribution in [3.05, 3.63) is 62.8 Å². The van der Waals surface area contributed by atoms with Crippen molar-refractivity contribution in [2.75, 3.05) is 5.32 Å². The second-order valence-electron chi connectivity index (χ2n) is 4.43. The van der Waals surface area contributed by atoms with Gasteiger partial charge in [-0.25, -0.2) is 0 Å². The lowest BCUT2D eigenvalue weighted by molar-refractivity contribution is 0.0997. The van der Waals surface area contributed by atoms with Gasteiger partial charge in [0.05, 0.1) is 10.4 Å². The van der Waals surface area contributed by atoms with Crippen LogP contribution in [-0.4, -0.2) is 21.9 Å². The Morgan fingerprint density at radius 2 is 1.82 bits per heavy atom. The van der Waals surface area contributed by atoms with Crippen molar-refractivity contribution in [1.29, 1.82) is 0 Å². The number of carbonyl (C=O) groups is 2.